The number of anilines is 4. The summed E-state index contributed by atoms with van der Waals surface area (Å²) in [6, 6.07) is 7.94. The maximum absolute atomic E-state index is 5.98. The Hall–Kier alpha value is -2.38. The summed E-state index contributed by atoms with van der Waals surface area (Å²) in [5.41, 5.74) is 8.80. The molecule has 7 nitrogen and oxygen atoms in total. The third-order valence-electron chi connectivity index (χ3n) is 4.15. The van der Waals surface area contributed by atoms with Gasteiger partial charge in [0, 0.05) is 6.21 Å². The van der Waals surface area contributed by atoms with Gasteiger partial charge in [0.15, 0.2) is 0 Å². The minimum Gasteiger partial charge on any atom is -1.00 e. The summed E-state index contributed by atoms with van der Waals surface area (Å²) in [4.78, 5) is 14.6. The number of nitrogen functional groups attached to an aromatic ring is 1. The number of piperidine rings is 1. The van der Waals surface area contributed by atoms with Crippen molar-refractivity contribution in [2.24, 2.45) is 4.99 Å². The van der Waals surface area contributed by atoms with Gasteiger partial charge in [-0.25, -0.2) is 4.98 Å². The second-order valence-electron chi connectivity index (χ2n) is 5.68. The Labute approximate surface area is 146 Å². The average molecular weight is 349 g/mol. The largest absolute Gasteiger partial charge is 1.00 e. The van der Waals surface area contributed by atoms with Crippen molar-refractivity contribution in [1.82, 2.24) is 4.98 Å². The molecule has 2 aromatic rings. The van der Waals surface area contributed by atoms with Crippen LogP contribution in [0, 0.1) is 0 Å². The fourth-order valence-corrected chi connectivity index (χ4v) is 3.05. The number of nitrogens with one attached hydrogen (secondary N) is 2. The van der Waals surface area contributed by atoms with Gasteiger partial charge in [-0.15, -0.1) is 0 Å². The summed E-state index contributed by atoms with van der Waals surface area (Å²) >= 11 is 0. The van der Waals surface area contributed by atoms with Crippen LogP contribution in [0.1, 0.15) is 24.8 Å². The van der Waals surface area contributed by atoms with Gasteiger partial charge in [-0.1, -0.05) is 17.1 Å². The predicted molar refractivity (Wildman–Crippen MR) is 91.9 cm³/mol. The molecule has 8 heteroatoms. The van der Waals surface area contributed by atoms with Gasteiger partial charge in [0.05, 0.1) is 24.5 Å². The number of benzene rings is 1. The zero-order valence-electron chi connectivity index (χ0n) is 13.2. The van der Waals surface area contributed by atoms with Crippen molar-refractivity contribution in [2.75, 3.05) is 29.0 Å². The van der Waals surface area contributed by atoms with Crippen molar-refractivity contribution >= 4 is 35.2 Å². The molecule has 3 heterocycles. The summed E-state index contributed by atoms with van der Waals surface area (Å²) in [5, 5.41) is 3.36. The molecule has 1 aromatic heterocycles. The van der Waals surface area contributed by atoms with Crippen LogP contribution in [0.25, 0.3) is 0 Å². The molecule has 0 aliphatic carbocycles. The molecule has 4 rings (SSSR count). The van der Waals surface area contributed by atoms with Crippen LogP contribution < -0.4 is 33.3 Å². The van der Waals surface area contributed by atoms with Crippen molar-refractivity contribution in [1.29, 1.82) is 0 Å². The average Bonchev–Trinajstić information content (AvgIpc) is 2.74. The predicted octanol–water partition coefficient (Wildman–Crippen LogP) is -1.54. The molecule has 0 atom stereocenters. The number of H-pyrrole nitrogens is 1. The molecule has 0 radical (unpaired) electrons. The molecular formula is C16H21ClN6O. The summed E-state index contributed by atoms with van der Waals surface area (Å²) in [6.07, 6.45) is 5.57. The first-order valence-electron chi connectivity index (χ1n) is 7.69. The number of halogens is 1. The maximum Gasteiger partial charge on any atom is 0.344 e. The van der Waals surface area contributed by atoms with Crippen LogP contribution in [0.4, 0.5) is 29.0 Å². The molecule has 0 unspecified atom stereocenters. The third kappa shape index (κ3) is 3.27. The highest BCUT2D eigenvalue weighted by atomic mass is 35.5. The topological polar surface area (TPSA) is 112 Å². The summed E-state index contributed by atoms with van der Waals surface area (Å²) < 4.78 is 0. The van der Waals surface area contributed by atoms with Crippen LogP contribution in [0.3, 0.4) is 0 Å². The van der Waals surface area contributed by atoms with Crippen LogP contribution >= 0.6 is 0 Å². The fraction of sp³-hybridized carbons (Fsp3) is 0.312. The Morgan fingerprint density at radius 1 is 1.12 bits per heavy atom. The molecular weight excluding hydrogens is 328 g/mol. The zero-order valence-corrected chi connectivity index (χ0v) is 14.0. The number of nitrogens with zero attached hydrogens (tertiary/aromatic N) is 3. The number of aliphatic imine (C=N–C) groups is 1. The second kappa shape index (κ2) is 7.46. The lowest BCUT2D eigenvalue weighted by Crippen LogP contribution is -3.00. The van der Waals surface area contributed by atoms with Crippen LogP contribution in [0.15, 0.2) is 29.3 Å². The van der Waals surface area contributed by atoms with Gasteiger partial charge in [-0.2, -0.15) is 0 Å². The first-order chi connectivity index (χ1) is 10.8. The van der Waals surface area contributed by atoms with E-state index in [0.29, 0.717) is 5.95 Å². The highest BCUT2D eigenvalue weighted by Gasteiger charge is 2.25. The van der Waals surface area contributed by atoms with E-state index < -0.39 is 0 Å². The fourth-order valence-electron chi connectivity index (χ4n) is 3.05. The molecule has 6 N–H and O–H groups in total. The number of hydrogen-bond donors (Lipinski definition) is 2. The number of nitrogens with two attached hydrogens (primary N) is 1. The number of hydrogen-bond acceptors (Lipinski definition) is 5. The van der Waals surface area contributed by atoms with Crippen molar-refractivity contribution in [2.45, 2.75) is 19.3 Å². The van der Waals surface area contributed by atoms with Gasteiger partial charge in [-0.3, -0.25) is 4.99 Å². The van der Waals surface area contributed by atoms with Crippen molar-refractivity contribution in [3.8, 4) is 0 Å². The highest BCUT2D eigenvalue weighted by molar-refractivity contribution is 5.97. The quantitative estimate of drug-likeness (QED) is 0.554. The third-order valence-corrected chi connectivity index (χ3v) is 4.15. The van der Waals surface area contributed by atoms with Gasteiger partial charge in [0.1, 0.15) is 5.56 Å². The van der Waals surface area contributed by atoms with Crippen LogP contribution in [0.5, 0.6) is 0 Å². The van der Waals surface area contributed by atoms with Crippen LogP contribution in [-0.2, 0) is 0 Å². The Bertz CT molecular complexity index is 745. The van der Waals surface area contributed by atoms with Crippen LogP contribution in [0.2, 0.25) is 0 Å². The molecule has 2 aliphatic heterocycles. The van der Waals surface area contributed by atoms with Gasteiger partial charge in [0.2, 0.25) is 11.6 Å². The minimum atomic E-state index is 0. The molecule has 24 heavy (non-hydrogen) atoms. The van der Waals surface area contributed by atoms with E-state index in [1.807, 2.05) is 30.5 Å². The Kier molecular flexibility index (Phi) is 5.58. The smallest absolute Gasteiger partial charge is 0.344 e. The highest BCUT2D eigenvalue weighted by Crippen LogP contribution is 2.33. The molecule has 1 fully saturated rings. The number of fused-ring (bicyclic) bond motifs is 2. The number of aromatic nitrogens is 2. The van der Waals surface area contributed by atoms with E-state index in [2.05, 4.69) is 25.2 Å². The number of rotatable bonds is 1. The summed E-state index contributed by atoms with van der Waals surface area (Å²) in [5.74, 6) is 2.18. The molecule has 1 aromatic carbocycles. The first-order valence-corrected chi connectivity index (χ1v) is 7.69. The lowest BCUT2D eigenvalue weighted by molar-refractivity contribution is -0.350. The molecule has 0 bridgehead atoms. The van der Waals surface area contributed by atoms with E-state index in [4.69, 9.17) is 5.73 Å². The summed E-state index contributed by atoms with van der Waals surface area (Å²) in [7, 11) is 0. The van der Waals surface area contributed by atoms with E-state index in [1.54, 1.807) is 0 Å². The van der Waals surface area contributed by atoms with Gasteiger partial charge >= 0.3 is 5.95 Å². The van der Waals surface area contributed by atoms with E-state index in [9.17, 15) is 0 Å². The van der Waals surface area contributed by atoms with Crippen molar-refractivity contribution in [3.63, 3.8) is 0 Å². The standard InChI is InChI=1S/C16H18N6.ClH.H2O/c17-16-20-14-11(15(21-16)22-8-4-1-5-9-22)10-18-12-6-2-3-7-13(12)19-14;;/h2-3,6-7,10H,1,4-5,8-9H2,(H3,17,19,20,21);1H;1H2. The normalized spacial score (nSPS) is 15.1. The van der Waals surface area contributed by atoms with Crippen LogP contribution in [-0.4, -0.2) is 29.8 Å². The molecule has 2 aliphatic rings. The van der Waals surface area contributed by atoms with E-state index >= 15 is 0 Å². The first kappa shape index (κ1) is 18.0. The van der Waals surface area contributed by atoms with Gasteiger partial charge < -0.3 is 33.8 Å². The molecule has 1 saturated heterocycles. The number of aromatic amines is 1. The lowest BCUT2D eigenvalue weighted by Gasteiger charge is -2.25. The zero-order chi connectivity index (χ0) is 14.9. The van der Waals surface area contributed by atoms with E-state index in [-0.39, 0.29) is 17.9 Å². The Balaban J connectivity index is 0.00000104. The Morgan fingerprint density at radius 3 is 2.67 bits per heavy atom. The van der Waals surface area contributed by atoms with E-state index in [1.165, 1.54) is 19.3 Å². The molecule has 128 valence electrons. The summed E-state index contributed by atoms with van der Waals surface area (Å²) in [6.45, 7) is 2.07. The number of para-hydroxylation sites is 2. The second-order valence-corrected chi connectivity index (χ2v) is 5.68. The minimum absolute atomic E-state index is 0. The monoisotopic (exact) mass is 348 g/mol. The molecule has 0 amide bonds. The van der Waals surface area contributed by atoms with E-state index in [0.717, 1.165) is 41.7 Å². The molecule has 0 spiro atoms. The van der Waals surface area contributed by atoms with Crippen molar-refractivity contribution < 1.29 is 22.9 Å². The van der Waals surface area contributed by atoms with Crippen molar-refractivity contribution in [3.05, 3.63) is 29.8 Å². The SMILES string of the molecule is Nc1nc2c(c(N3CCCCC3)[nH+]1)C=Nc1ccccc1N2.O.[Cl-]. The van der Waals surface area contributed by atoms with Gasteiger partial charge in [-0.05, 0) is 31.4 Å². The van der Waals surface area contributed by atoms with Gasteiger partial charge in [0.25, 0.3) is 0 Å². The Morgan fingerprint density at radius 2 is 1.88 bits per heavy atom. The lowest BCUT2D eigenvalue weighted by atomic mass is 10.1. The maximum atomic E-state index is 5.98. The molecule has 0 saturated carbocycles.